The SMILES string of the molecule is CNCc1cccc(CN2C(=O)CN([C@H](C(=O)N[C@@H](Cc3ccccc3)[C@H](O)CN[C@H](C(C)C)S(=O)(=O)c3ccc(/C=N/O)cc3)C(C)C)C2=O)c1. The van der Waals surface area contributed by atoms with Crippen LogP contribution in [0.5, 0.6) is 0 Å². The third-order valence-corrected chi connectivity index (χ3v) is 11.3. The number of nitrogens with zero attached hydrogens (tertiary/aromatic N) is 3. The molecule has 14 heteroatoms. The van der Waals surface area contributed by atoms with Gasteiger partial charge in [-0.3, -0.25) is 19.8 Å². The number of carbonyl (C=O) groups excluding carboxylic acids is 3. The summed E-state index contributed by atoms with van der Waals surface area (Å²) in [4.78, 5) is 43.4. The van der Waals surface area contributed by atoms with Crippen molar-refractivity contribution in [3.8, 4) is 0 Å². The topological polar surface area (TPSA) is 181 Å². The largest absolute Gasteiger partial charge is 0.411 e. The summed E-state index contributed by atoms with van der Waals surface area (Å²) in [6, 6.07) is 20.3. The fourth-order valence-corrected chi connectivity index (χ4v) is 8.26. The second kappa shape index (κ2) is 18.2. The monoisotopic (exact) mass is 734 g/mol. The average molecular weight is 735 g/mol. The maximum atomic E-state index is 14.1. The number of benzene rings is 3. The lowest BCUT2D eigenvalue weighted by atomic mass is 9.97. The van der Waals surface area contributed by atoms with Crippen molar-refractivity contribution < 1.29 is 33.1 Å². The van der Waals surface area contributed by atoms with E-state index in [0.29, 0.717) is 12.1 Å². The van der Waals surface area contributed by atoms with Crippen LogP contribution >= 0.6 is 0 Å². The average Bonchev–Trinajstić information content (AvgIpc) is 3.36. The van der Waals surface area contributed by atoms with Crippen molar-refractivity contribution >= 4 is 33.9 Å². The van der Waals surface area contributed by atoms with Gasteiger partial charge in [0, 0.05) is 13.1 Å². The van der Waals surface area contributed by atoms with Crippen LogP contribution in [0.3, 0.4) is 0 Å². The summed E-state index contributed by atoms with van der Waals surface area (Å²) >= 11 is 0. The molecule has 4 amide bonds. The minimum absolute atomic E-state index is 0.0572. The Balaban J connectivity index is 1.53. The molecule has 3 aromatic carbocycles. The van der Waals surface area contributed by atoms with Gasteiger partial charge in [0.15, 0.2) is 9.84 Å². The summed E-state index contributed by atoms with van der Waals surface area (Å²) in [6.07, 6.45) is 0.165. The molecule has 0 spiro atoms. The number of aliphatic hydroxyl groups is 1. The Kier molecular flexibility index (Phi) is 14.1. The Morgan fingerprint density at radius 1 is 0.923 bits per heavy atom. The van der Waals surface area contributed by atoms with E-state index < -0.39 is 57.2 Å². The van der Waals surface area contributed by atoms with Gasteiger partial charge in [0.1, 0.15) is 18.0 Å². The van der Waals surface area contributed by atoms with E-state index in [2.05, 4.69) is 21.1 Å². The molecule has 13 nitrogen and oxygen atoms in total. The van der Waals surface area contributed by atoms with Gasteiger partial charge in [0.05, 0.1) is 29.8 Å². The maximum Gasteiger partial charge on any atom is 0.328 e. The van der Waals surface area contributed by atoms with Crippen molar-refractivity contribution in [3.63, 3.8) is 0 Å². The minimum atomic E-state index is -3.92. The molecule has 0 bridgehead atoms. The van der Waals surface area contributed by atoms with Crippen molar-refractivity contribution in [2.24, 2.45) is 17.0 Å². The molecule has 0 radical (unpaired) electrons. The van der Waals surface area contributed by atoms with Crippen LogP contribution in [0.4, 0.5) is 4.79 Å². The third-order valence-electron chi connectivity index (χ3n) is 9.01. The van der Waals surface area contributed by atoms with E-state index in [4.69, 9.17) is 5.21 Å². The van der Waals surface area contributed by atoms with Crippen molar-refractivity contribution in [1.82, 2.24) is 25.8 Å². The normalized spacial score (nSPS) is 16.2. The maximum absolute atomic E-state index is 14.1. The minimum Gasteiger partial charge on any atom is -0.411 e. The number of hydrogen-bond acceptors (Lipinski definition) is 10. The Hall–Kier alpha value is -4.63. The molecule has 4 atom stereocenters. The number of aliphatic hydroxyl groups excluding tert-OH is 1. The van der Waals surface area contributed by atoms with Gasteiger partial charge >= 0.3 is 6.03 Å². The molecule has 0 aromatic heterocycles. The summed E-state index contributed by atoms with van der Waals surface area (Å²) in [6.45, 7) is 7.34. The van der Waals surface area contributed by atoms with Crippen LogP contribution < -0.4 is 16.0 Å². The van der Waals surface area contributed by atoms with Gasteiger partial charge < -0.3 is 25.8 Å². The highest BCUT2D eigenvalue weighted by molar-refractivity contribution is 7.92. The van der Waals surface area contributed by atoms with E-state index in [1.165, 1.54) is 35.4 Å². The molecule has 0 saturated carbocycles. The van der Waals surface area contributed by atoms with Crippen molar-refractivity contribution in [3.05, 3.63) is 101 Å². The molecule has 4 rings (SSSR count). The number of imide groups is 1. The summed E-state index contributed by atoms with van der Waals surface area (Å²) in [5, 5.41) is 31.3. The van der Waals surface area contributed by atoms with Gasteiger partial charge in [-0.05, 0) is 59.7 Å². The zero-order valence-corrected chi connectivity index (χ0v) is 31.1. The number of carbonyl (C=O) groups is 3. The summed E-state index contributed by atoms with van der Waals surface area (Å²) in [5.41, 5.74) is 3.14. The molecular weight excluding hydrogens is 685 g/mol. The lowest BCUT2D eigenvalue weighted by Gasteiger charge is -2.33. The van der Waals surface area contributed by atoms with Crippen LogP contribution in [0, 0.1) is 11.8 Å². The lowest BCUT2D eigenvalue weighted by Crippen LogP contribution is -2.57. The quantitative estimate of drug-likeness (QED) is 0.0568. The zero-order valence-electron chi connectivity index (χ0n) is 30.3. The van der Waals surface area contributed by atoms with Gasteiger partial charge in [-0.15, -0.1) is 0 Å². The molecule has 1 aliphatic rings. The van der Waals surface area contributed by atoms with Gasteiger partial charge in [0.2, 0.25) is 5.91 Å². The van der Waals surface area contributed by atoms with E-state index in [-0.39, 0.29) is 36.9 Å². The highest BCUT2D eigenvalue weighted by Crippen LogP contribution is 2.24. The molecule has 1 fully saturated rings. The molecular formula is C38H50N6O7S. The molecule has 0 unspecified atom stereocenters. The number of oxime groups is 1. The molecule has 1 saturated heterocycles. The number of amides is 4. The molecule has 0 aliphatic carbocycles. The first kappa shape index (κ1) is 40.1. The van der Waals surface area contributed by atoms with E-state index in [1.54, 1.807) is 27.7 Å². The van der Waals surface area contributed by atoms with Crippen LogP contribution in [0.25, 0.3) is 0 Å². The van der Waals surface area contributed by atoms with Gasteiger partial charge in [-0.2, -0.15) is 0 Å². The highest BCUT2D eigenvalue weighted by atomic mass is 32.2. The Morgan fingerprint density at radius 2 is 1.58 bits per heavy atom. The van der Waals surface area contributed by atoms with E-state index in [9.17, 15) is 27.9 Å². The van der Waals surface area contributed by atoms with Crippen LogP contribution in [-0.2, 0) is 38.9 Å². The molecule has 280 valence electrons. The summed E-state index contributed by atoms with van der Waals surface area (Å²) in [5.74, 6) is -1.72. The van der Waals surface area contributed by atoms with E-state index in [0.717, 1.165) is 21.6 Å². The van der Waals surface area contributed by atoms with Gasteiger partial charge in [-0.25, -0.2) is 13.2 Å². The Labute approximate surface area is 306 Å². The predicted octanol–water partition coefficient (Wildman–Crippen LogP) is 3.14. The highest BCUT2D eigenvalue weighted by Gasteiger charge is 2.44. The Morgan fingerprint density at radius 3 is 2.19 bits per heavy atom. The predicted molar refractivity (Wildman–Crippen MR) is 198 cm³/mol. The standard InChI is InChI=1S/C38H50N6O7S/c1-25(2)35(44-24-34(46)43(38(44)48)23-30-13-9-12-29(18-30)20-39-5)36(47)42-32(19-27-10-7-6-8-11-27)33(45)22-40-37(26(3)4)52(50,51)31-16-14-28(15-17-31)21-41-49/h6-18,21,25-26,32-33,35,37,39-40,45,49H,19-20,22-24H2,1-5H3,(H,42,47)/b41-21+/t32-,33+,35-,37-/m0/s1. The van der Waals surface area contributed by atoms with Crippen molar-refractivity contribution in [2.75, 3.05) is 20.1 Å². The molecule has 52 heavy (non-hydrogen) atoms. The van der Waals surface area contributed by atoms with Crippen LogP contribution in [-0.4, -0.2) is 96.3 Å². The fraction of sp³-hybridized carbons (Fsp3) is 0.421. The third kappa shape index (κ3) is 10.0. The van der Waals surface area contributed by atoms with Gasteiger partial charge in [-0.1, -0.05) is 99.6 Å². The van der Waals surface area contributed by atoms with Crippen LogP contribution in [0.15, 0.2) is 88.9 Å². The number of hydrogen-bond donors (Lipinski definition) is 5. The molecule has 3 aromatic rings. The fourth-order valence-electron chi connectivity index (χ4n) is 6.42. The van der Waals surface area contributed by atoms with Crippen molar-refractivity contribution in [2.45, 2.75) is 75.7 Å². The number of rotatable bonds is 18. The first-order valence-corrected chi connectivity index (χ1v) is 18.9. The number of urea groups is 1. The van der Waals surface area contributed by atoms with E-state index >= 15 is 0 Å². The van der Waals surface area contributed by atoms with Crippen LogP contribution in [0.1, 0.15) is 49.9 Å². The van der Waals surface area contributed by atoms with E-state index in [1.807, 2.05) is 61.6 Å². The number of sulfone groups is 1. The molecule has 5 N–H and O–H groups in total. The smallest absolute Gasteiger partial charge is 0.328 e. The zero-order chi connectivity index (χ0) is 38.0. The Bertz CT molecular complexity index is 1800. The first-order valence-electron chi connectivity index (χ1n) is 17.4. The molecule has 1 aliphatic heterocycles. The summed E-state index contributed by atoms with van der Waals surface area (Å²) in [7, 11) is -2.08. The first-order chi connectivity index (χ1) is 24.8. The van der Waals surface area contributed by atoms with Crippen molar-refractivity contribution in [1.29, 1.82) is 0 Å². The molecule has 1 heterocycles. The second-order valence-corrected chi connectivity index (χ2v) is 15.8. The summed E-state index contributed by atoms with van der Waals surface area (Å²) < 4.78 is 27.4. The second-order valence-electron chi connectivity index (χ2n) is 13.7. The van der Waals surface area contributed by atoms with Gasteiger partial charge in [0.25, 0.3) is 5.91 Å². The van der Waals surface area contributed by atoms with Crippen LogP contribution in [0.2, 0.25) is 0 Å². The number of nitrogens with one attached hydrogen (secondary N) is 3. The lowest BCUT2D eigenvalue weighted by molar-refractivity contribution is -0.129.